The van der Waals surface area contributed by atoms with Crippen LogP contribution in [-0.4, -0.2) is 23.9 Å². The van der Waals surface area contributed by atoms with Gasteiger partial charge in [-0.2, -0.15) is 0 Å². The van der Waals surface area contributed by atoms with Crippen molar-refractivity contribution in [1.29, 1.82) is 0 Å². The number of hydrogen-bond donors (Lipinski definition) is 1. The summed E-state index contributed by atoms with van der Waals surface area (Å²) in [5.41, 5.74) is 5.36. The van der Waals surface area contributed by atoms with Crippen LogP contribution in [-0.2, 0) is 24.9 Å². The van der Waals surface area contributed by atoms with Crippen molar-refractivity contribution >= 4 is 62.4 Å². The second-order valence-corrected chi connectivity index (χ2v) is 19.9. The zero-order valence-electron chi connectivity index (χ0n) is 30.2. The van der Waals surface area contributed by atoms with E-state index < -0.39 is 8.07 Å². The van der Waals surface area contributed by atoms with E-state index >= 15 is 0 Å². The predicted octanol–water partition coefficient (Wildman–Crippen LogP) is 12.2. The van der Waals surface area contributed by atoms with Gasteiger partial charge in [0, 0.05) is 70.9 Å². The minimum absolute atomic E-state index is 0. The number of carbonyl (C=O) groups is 1. The first-order chi connectivity index (χ1) is 23.4. The van der Waals surface area contributed by atoms with Gasteiger partial charge >= 0.3 is 0 Å². The van der Waals surface area contributed by atoms with Gasteiger partial charge in [-0.05, 0) is 67.3 Å². The third kappa shape index (κ3) is 8.20. The molecule has 4 nitrogen and oxygen atoms in total. The van der Waals surface area contributed by atoms with E-state index in [0.717, 1.165) is 52.4 Å². The molecule has 0 aliphatic heterocycles. The van der Waals surface area contributed by atoms with Crippen molar-refractivity contribution in [2.24, 2.45) is 11.8 Å². The van der Waals surface area contributed by atoms with Crippen LogP contribution in [0.2, 0.25) is 19.6 Å². The molecule has 0 aliphatic rings. The molecule has 0 saturated carbocycles. The van der Waals surface area contributed by atoms with Crippen molar-refractivity contribution in [2.45, 2.75) is 79.9 Å². The Morgan fingerprint density at radius 2 is 1.60 bits per heavy atom. The van der Waals surface area contributed by atoms with Crippen LogP contribution in [0, 0.1) is 30.6 Å². The fourth-order valence-corrected chi connectivity index (χ4v) is 8.86. The molecule has 0 amide bonds. The van der Waals surface area contributed by atoms with Gasteiger partial charge in [-0.25, -0.2) is 4.39 Å². The number of rotatable bonds is 10. The Morgan fingerprint density at radius 1 is 0.940 bits per heavy atom. The Kier molecular flexibility index (Phi) is 13.2. The predicted molar refractivity (Wildman–Crippen MR) is 208 cm³/mol. The van der Waals surface area contributed by atoms with Gasteiger partial charge in [-0.15, -0.1) is 29.5 Å². The standard InChI is InChI=1S/C29H23FNOSSi.C13H24O2.Ir/c1-17-21-14-15-31-26(29(21)33-28(17)18-8-11-20(12-9-18)34(2,3)4)24-7-5-6-23-22-13-10-19(30)16-25(22)32-27(23)24;1-5-10(6-2)12(14)9-13(15)11(7-3)8-4;/h5-6,8-16H,1-4H3;9-11,14H,5-8H2,1-4H3;/q-1;;/b;12-9-;. The molecule has 0 unspecified atom stereocenters. The summed E-state index contributed by atoms with van der Waals surface area (Å²) in [6.45, 7) is 17.4. The van der Waals surface area contributed by atoms with Gasteiger partial charge in [-0.3, -0.25) is 4.79 Å². The fraction of sp³-hybridized carbons (Fsp3) is 0.333. The number of thiophene rings is 1. The number of aromatic nitrogens is 1. The van der Waals surface area contributed by atoms with Crippen molar-refractivity contribution in [3.8, 4) is 21.7 Å². The molecule has 1 N–H and O–H groups in total. The van der Waals surface area contributed by atoms with Gasteiger partial charge in [0.15, 0.2) is 5.78 Å². The summed E-state index contributed by atoms with van der Waals surface area (Å²) in [5.74, 6) is 0.238. The average Bonchev–Trinajstić information content (AvgIpc) is 3.62. The Labute approximate surface area is 314 Å². The third-order valence-corrected chi connectivity index (χ3v) is 13.0. The van der Waals surface area contributed by atoms with Crippen LogP contribution < -0.4 is 5.19 Å². The molecule has 0 bridgehead atoms. The topological polar surface area (TPSA) is 63.3 Å². The first kappa shape index (κ1) is 39.4. The summed E-state index contributed by atoms with van der Waals surface area (Å²) in [6, 6.07) is 23.0. The molecule has 0 fully saturated rings. The van der Waals surface area contributed by atoms with E-state index in [9.17, 15) is 14.3 Å². The van der Waals surface area contributed by atoms with E-state index in [1.807, 2.05) is 46.0 Å². The normalized spacial score (nSPS) is 12.1. The van der Waals surface area contributed by atoms with E-state index in [1.54, 1.807) is 17.4 Å². The number of carbonyl (C=O) groups excluding carboxylic acids is 1. The maximum Gasteiger partial charge on any atom is 0.162 e. The molecular weight excluding hydrogens is 838 g/mol. The zero-order valence-corrected chi connectivity index (χ0v) is 34.5. The van der Waals surface area contributed by atoms with Crippen LogP contribution in [0.4, 0.5) is 4.39 Å². The number of fused-ring (bicyclic) bond motifs is 4. The molecule has 0 atom stereocenters. The first-order valence-corrected chi connectivity index (χ1v) is 21.7. The average molecular weight is 885 g/mol. The van der Waals surface area contributed by atoms with Crippen molar-refractivity contribution in [2.75, 3.05) is 0 Å². The number of nitrogens with zero attached hydrogens (tertiary/aromatic N) is 1. The molecule has 0 saturated heterocycles. The molecule has 0 aliphatic carbocycles. The number of furan rings is 1. The van der Waals surface area contributed by atoms with E-state index in [4.69, 9.17) is 9.40 Å². The third-order valence-electron chi connectivity index (χ3n) is 9.58. The van der Waals surface area contributed by atoms with E-state index in [1.165, 1.54) is 44.8 Å². The molecule has 3 aromatic carbocycles. The number of ketones is 1. The second-order valence-electron chi connectivity index (χ2n) is 13.8. The van der Waals surface area contributed by atoms with E-state index in [2.05, 4.69) is 63.0 Å². The van der Waals surface area contributed by atoms with E-state index in [0.29, 0.717) is 11.2 Å². The molecule has 1 radical (unpaired) electrons. The van der Waals surface area contributed by atoms with Gasteiger partial charge in [0.2, 0.25) is 0 Å². The number of aliphatic hydroxyl groups excluding tert-OH is 1. The first-order valence-electron chi connectivity index (χ1n) is 17.4. The molecular formula is C42H47FIrNO3SSi-. The second kappa shape index (κ2) is 16.7. The van der Waals surface area contributed by atoms with Gasteiger partial charge in [-0.1, -0.05) is 87.7 Å². The van der Waals surface area contributed by atoms with Crippen LogP contribution in [0.15, 0.2) is 83.1 Å². The number of aryl methyl sites for hydroxylation is 1. The maximum absolute atomic E-state index is 13.8. The largest absolute Gasteiger partial charge is 0.512 e. The number of hydrogen-bond acceptors (Lipinski definition) is 5. The molecule has 0 spiro atoms. The molecule has 3 heterocycles. The van der Waals surface area contributed by atoms with Crippen molar-refractivity contribution in [3.05, 3.63) is 96.1 Å². The molecule has 3 aromatic heterocycles. The Bertz CT molecular complexity index is 2120. The summed E-state index contributed by atoms with van der Waals surface area (Å²) in [6.07, 6.45) is 6.76. The van der Waals surface area contributed by atoms with Crippen LogP contribution in [0.25, 0.3) is 53.7 Å². The molecule has 50 heavy (non-hydrogen) atoms. The SMILES string of the molecule is CCC(CC)C(=O)/C=C(\O)C(CC)CC.Cc1c(-c2ccc([Si](C)(C)C)cc2)sc2c(-c3[c-]ccc4c3oc3cc(F)ccc34)nccc12.[Ir]. The summed E-state index contributed by atoms with van der Waals surface area (Å²) in [7, 11) is -1.34. The number of aliphatic hydroxyl groups is 1. The molecule has 8 heteroatoms. The summed E-state index contributed by atoms with van der Waals surface area (Å²) in [4.78, 5) is 17.7. The minimum Gasteiger partial charge on any atom is -0.512 e. The van der Waals surface area contributed by atoms with Crippen LogP contribution in [0.3, 0.4) is 0 Å². The quantitative estimate of drug-likeness (QED) is 0.0644. The number of halogens is 1. The summed E-state index contributed by atoms with van der Waals surface area (Å²) < 4.78 is 21.1. The number of pyridine rings is 1. The summed E-state index contributed by atoms with van der Waals surface area (Å²) in [5, 5.41) is 14.2. The maximum atomic E-state index is 13.8. The van der Waals surface area contributed by atoms with Gasteiger partial charge in [0.25, 0.3) is 0 Å². The Hall–Kier alpha value is -3.42. The minimum atomic E-state index is -1.34. The smallest absolute Gasteiger partial charge is 0.162 e. The molecule has 265 valence electrons. The Balaban J connectivity index is 0.000000301. The number of benzene rings is 3. The van der Waals surface area contributed by atoms with Crippen LogP contribution >= 0.6 is 11.3 Å². The van der Waals surface area contributed by atoms with Crippen molar-refractivity contribution in [3.63, 3.8) is 0 Å². The van der Waals surface area contributed by atoms with Crippen LogP contribution in [0.1, 0.15) is 58.9 Å². The van der Waals surface area contributed by atoms with Crippen molar-refractivity contribution in [1.82, 2.24) is 4.98 Å². The van der Waals surface area contributed by atoms with E-state index in [-0.39, 0.29) is 49.3 Å². The zero-order chi connectivity index (χ0) is 35.5. The Morgan fingerprint density at radius 3 is 2.22 bits per heavy atom. The van der Waals surface area contributed by atoms with Crippen LogP contribution in [0.5, 0.6) is 0 Å². The monoisotopic (exact) mass is 885 g/mol. The number of allylic oxidation sites excluding steroid dienone is 2. The summed E-state index contributed by atoms with van der Waals surface area (Å²) >= 11 is 1.76. The van der Waals surface area contributed by atoms with Gasteiger partial charge in [0.05, 0.1) is 19.4 Å². The molecule has 6 rings (SSSR count). The van der Waals surface area contributed by atoms with Crippen molar-refractivity contribution < 1.29 is 38.8 Å². The van der Waals surface area contributed by atoms with Gasteiger partial charge < -0.3 is 14.5 Å². The molecule has 6 aromatic rings. The van der Waals surface area contributed by atoms with Gasteiger partial charge in [0.1, 0.15) is 11.4 Å². The fourth-order valence-electron chi connectivity index (χ4n) is 6.39.